The lowest BCUT2D eigenvalue weighted by Crippen LogP contribution is -2.35. The van der Waals surface area contributed by atoms with E-state index in [2.05, 4.69) is 67.1 Å². The van der Waals surface area contributed by atoms with Crippen molar-refractivity contribution in [1.82, 2.24) is 5.32 Å². The summed E-state index contributed by atoms with van der Waals surface area (Å²) in [5.41, 5.74) is 1.40. The molecule has 0 fully saturated rings. The fraction of sp³-hybridized carbons (Fsp3) is 0.600. The summed E-state index contributed by atoms with van der Waals surface area (Å²) < 4.78 is 1.14. The van der Waals surface area contributed by atoms with Crippen LogP contribution in [-0.4, -0.2) is 22.5 Å². The number of aliphatic hydroxyl groups excluding tert-OH is 1. The predicted molar refractivity (Wildman–Crippen MR) is 87.8 cm³/mol. The quantitative estimate of drug-likeness (QED) is 0.757. The lowest BCUT2D eigenvalue weighted by Gasteiger charge is -2.21. The van der Waals surface area contributed by atoms with Gasteiger partial charge in [0.15, 0.2) is 0 Å². The van der Waals surface area contributed by atoms with Crippen LogP contribution in [0, 0.1) is 0 Å². The Morgan fingerprint density at radius 3 is 2.58 bits per heavy atom. The highest BCUT2D eigenvalue weighted by Crippen LogP contribution is 2.29. The summed E-state index contributed by atoms with van der Waals surface area (Å²) in [4.78, 5) is 1.24. The molecule has 1 rings (SSSR count). The molecule has 1 unspecified atom stereocenters. The van der Waals surface area contributed by atoms with E-state index >= 15 is 0 Å². The summed E-state index contributed by atoms with van der Waals surface area (Å²) in [6.07, 6.45) is 0.829. The van der Waals surface area contributed by atoms with Gasteiger partial charge in [0.1, 0.15) is 0 Å². The van der Waals surface area contributed by atoms with Gasteiger partial charge >= 0.3 is 0 Å². The van der Waals surface area contributed by atoms with Crippen molar-refractivity contribution in [2.45, 2.75) is 56.3 Å². The number of hydrogen-bond acceptors (Lipinski definition) is 3. The molecule has 1 aromatic carbocycles. The van der Waals surface area contributed by atoms with Crippen molar-refractivity contribution in [2.24, 2.45) is 0 Å². The third-order valence-corrected chi connectivity index (χ3v) is 4.61. The Kier molecular flexibility index (Phi) is 6.87. The lowest BCUT2D eigenvalue weighted by molar-refractivity contribution is 0.289. The van der Waals surface area contributed by atoms with Crippen LogP contribution in [0.2, 0.25) is 0 Å². The summed E-state index contributed by atoms with van der Waals surface area (Å²) in [5, 5.41) is 12.9. The van der Waals surface area contributed by atoms with Gasteiger partial charge in [-0.1, -0.05) is 28.9 Å². The zero-order valence-corrected chi connectivity index (χ0v) is 14.6. The molecule has 1 aromatic rings. The van der Waals surface area contributed by atoms with E-state index in [1.807, 2.05) is 0 Å². The van der Waals surface area contributed by atoms with Crippen molar-refractivity contribution >= 4 is 27.7 Å². The fourth-order valence-electron chi connectivity index (χ4n) is 1.58. The largest absolute Gasteiger partial charge is 0.396 e. The first kappa shape index (κ1) is 17.0. The highest BCUT2D eigenvalue weighted by atomic mass is 79.9. The molecule has 1 atom stereocenters. The maximum atomic E-state index is 8.93. The van der Waals surface area contributed by atoms with Crippen molar-refractivity contribution in [1.29, 1.82) is 0 Å². The Hall–Kier alpha value is -0.0300. The Balaban J connectivity index is 2.64. The van der Waals surface area contributed by atoms with E-state index in [1.165, 1.54) is 10.5 Å². The first-order valence-electron chi connectivity index (χ1n) is 6.63. The molecule has 0 heterocycles. The van der Waals surface area contributed by atoms with Crippen LogP contribution in [0.15, 0.2) is 27.6 Å². The van der Waals surface area contributed by atoms with Crippen molar-refractivity contribution < 1.29 is 5.11 Å². The molecule has 0 saturated heterocycles. The van der Waals surface area contributed by atoms with E-state index < -0.39 is 0 Å². The first-order valence-corrected chi connectivity index (χ1v) is 8.30. The number of thioether (sulfide) groups is 1. The Bertz CT molecular complexity index is 404. The molecule has 0 aliphatic heterocycles. The zero-order valence-electron chi connectivity index (χ0n) is 12.2. The van der Waals surface area contributed by atoms with Gasteiger partial charge in [-0.15, -0.1) is 11.8 Å². The van der Waals surface area contributed by atoms with Crippen molar-refractivity contribution in [3.63, 3.8) is 0 Å². The minimum Gasteiger partial charge on any atom is -0.396 e. The molecule has 0 radical (unpaired) electrons. The number of benzene rings is 1. The third-order valence-electron chi connectivity index (χ3n) is 2.71. The number of halogens is 1. The molecule has 0 aromatic heterocycles. The standard InChI is InChI=1S/C15H24BrNOS/c1-11(7-8-18)19-13-6-5-12(14(16)9-13)10-17-15(2,3)4/h5-6,9,11,17-18H,7-8,10H2,1-4H3. The van der Waals surface area contributed by atoms with Gasteiger partial charge in [-0.2, -0.15) is 0 Å². The minimum absolute atomic E-state index is 0.127. The van der Waals surface area contributed by atoms with Gasteiger partial charge in [0.2, 0.25) is 0 Å². The van der Waals surface area contributed by atoms with Crippen LogP contribution in [0.1, 0.15) is 39.7 Å². The van der Waals surface area contributed by atoms with Gasteiger partial charge in [0, 0.05) is 33.3 Å². The van der Waals surface area contributed by atoms with Crippen LogP contribution in [-0.2, 0) is 6.54 Å². The summed E-state index contributed by atoms with van der Waals surface area (Å²) in [6.45, 7) is 9.76. The highest BCUT2D eigenvalue weighted by Gasteiger charge is 2.11. The van der Waals surface area contributed by atoms with Crippen LogP contribution >= 0.6 is 27.7 Å². The Morgan fingerprint density at radius 2 is 2.05 bits per heavy atom. The minimum atomic E-state index is 0.127. The molecule has 0 spiro atoms. The van der Waals surface area contributed by atoms with Crippen LogP contribution < -0.4 is 5.32 Å². The SMILES string of the molecule is CC(CCO)Sc1ccc(CNC(C)(C)C)c(Br)c1. The average Bonchev–Trinajstić information content (AvgIpc) is 2.26. The van der Waals surface area contributed by atoms with Crippen LogP contribution in [0.25, 0.3) is 0 Å². The molecule has 0 saturated carbocycles. The van der Waals surface area contributed by atoms with E-state index in [0.29, 0.717) is 5.25 Å². The van der Waals surface area contributed by atoms with Crippen LogP contribution in [0.4, 0.5) is 0 Å². The highest BCUT2D eigenvalue weighted by molar-refractivity contribution is 9.10. The predicted octanol–water partition coefficient (Wildman–Crippen LogP) is 4.20. The molecule has 19 heavy (non-hydrogen) atoms. The fourth-order valence-corrected chi connectivity index (χ4v) is 3.27. The Morgan fingerprint density at radius 1 is 1.37 bits per heavy atom. The number of rotatable bonds is 6. The van der Waals surface area contributed by atoms with Gasteiger partial charge < -0.3 is 10.4 Å². The normalized spacial score (nSPS) is 13.6. The third kappa shape index (κ3) is 6.80. The van der Waals surface area contributed by atoms with E-state index in [1.54, 1.807) is 11.8 Å². The summed E-state index contributed by atoms with van der Waals surface area (Å²) >= 11 is 5.45. The summed E-state index contributed by atoms with van der Waals surface area (Å²) in [5.74, 6) is 0. The monoisotopic (exact) mass is 345 g/mol. The topological polar surface area (TPSA) is 32.3 Å². The van der Waals surface area contributed by atoms with E-state index in [9.17, 15) is 0 Å². The molecule has 108 valence electrons. The van der Waals surface area contributed by atoms with Gasteiger partial charge in [0.05, 0.1) is 0 Å². The molecule has 0 amide bonds. The molecule has 2 nitrogen and oxygen atoms in total. The van der Waals surface area contributed by atoms with Crippen molar-refractivity contribution in [3.05, 3.63) is 28.2 Å². The maximum absolute atomic E-state index is 8.93. The molecule has 0 bridgehead atoms. The van der Waals surface area contributed by atoms with E-state index in [0.717, 1.165) is 17.4 Å². The van der Waals surface area contributed by atoms with Crippen molar-refractivity contribution in [3.8, 4) is 0 Å². The average molecular weight is 346 g/mol. The van der Waals surface area contributed by atoms with E-state index in [4.69, 9.17) is 5.11 Å². The van der Waals surface area contributed by atoms with E-state index in [-0.39, 0.29) is 12.1 Å². The molecular formula is C15H24BrNOS. The van der Waals surface area contributed by atoms with Gasteiger partial charge in [0.25, 0.3) is 0 Å². The molecule has 2 N–H and O–H groups in total. The summed E-state index contributed by atoms with van der Waals surface area (Å²) in [6, 6.07) is 6.48. The second-order valence-electron chi connectivity index (χ2n) is 5.80. The molecule has 0 aliphatic rings. The second-order valence-corrected chi connectivity index (χ2v) is 8.16. The van der Waals surface area contributed by atoms with Gasteiger partial charge in [-0.3, -0.25) is 0 Å². The van der Waals surface area contributed by atoms with Crippen molar-refractivity contribution in [2.75, 3.05) is 6.61 Å². The second kappa shape index (κ2) is 7.67. The molecular weight excluding hydrogens is 322 g/mol. The number of nitrogens with one attached hydrogen (secondary N) is 1. The molecule has 0 aliphatic carbocycles. The number of aliphatic hydroxyl groups is 1. The lowest BCUT2D eigenvalue weighted by atomic mass is 10.1. The zero-order chi connectivity index (χ0) is 14.5. The summed E-state index contributed by atoms with van der Waals surface area (Å²) in [7, 11) is 0. The van der Waals surface area contributed by atoms with Gasteiger partial charge in [-0.05, 0) is 44.9 Å². The van der Waals surface area contributed by atoms with Crippen LogP contribution in [0.3, 0.4) is 0 Å². The first-order chi connectivity index (χ1) is 8.81. The Labute approximate surface area is 129 Å². The maximum Gasteiger partial charge on any atom is 0.0441 e. The smallest absolute Gasteiger partial charge is 0.0441 e. The van der Waals surface area contributed by atoms with Gasteiger partial charge in [-0.25, -0.2) is 0 Å². The number of hydrogen-bond donors (Lipinski definition) is 2. The van der Waals surface area contributed by atoms with Crippen LogP contribution in [0.5, 0.6) is 0 Å². The molecule has 4 heteroatoms.